The van der Waals surface area contributed by atoms with Crippen LogP contribution in [0.4, 0.5) is 13.2 Å². The predicted octanol–water partition coefficient (Wildman–Crippen LogP) is 1.000. The summed E-state index contributed by atoms with van der Waals surface area (Å²) in [4.78, 5) is 14.5. The number of halogens is 3. The van der Waals surface area contributed by atoms with Crippen LogP contribution in [0.5, 0.6) is 0 Å². The summed E-state index contributed by atoms with van der Waals surface area (Å²) in [5.41, 5.74) is -1.17. The van der Waals surface area contributed by atoms with E-state index in [1.807, 2.05) is 0 Å². The third kappa shape index (κ3) is 3.07. The average molecular weight is 337 g/mol. The summed E-state index contributed by atoms with van der Waals surface area (Å²) >= 11 is 0. The molecular formula is C12H14F3N3O3S. The Morgan fingerprint density at radius 1 is 1.41 bits per heavy atom. The summed E-state index contributed by atoms with van der Waals surface area (Å²) in [5, 5.41) is 2.56. The Morgan fingerprint density at radius 2 is 2.09 bits per heavy atom. The number of amides is 1. The van der Waals surface area contributed by atoms with E-state index in [1.54, 1.807) is 6.92 Å². The summed E-state index contributed by atoms with van der Waals surface area (Å²) in [6, 6.07) is 0.587. The summed E-state index contributed by atoms with van der Waals surface area (Å²) in [5.74, 6) is -0.419. The van der Waals surface area contributed by atoms with Crippen molar-refractivity contribution in [2.45, 2.75) is 30.5 Å². The largest absolute Gasteiger partial charge is 0.433 e. The number of aromatic nitrogens is 1. The van der Waals surface area contributed by atoms with Crippen LogP contribution < -0.4 is 5.32 Å². The maximum atomic E-state index is 12.5. The summed E-state index contributed by atoms with van der Waals surface area (Å²) < 4.78 is 63.4. The molecule has 0 spiro atoms. The van der Waals surface area contributed by atoms with Gasteiger partial charge in [-0.15, -0.1) is 0 Å². The molecule has 1 aliphatic rings. The molecule has 0 aliphatic carbocycles. The van der Waals surface area contributed by atoms with Gasteiger partial charge < -0.3 is 5.32 Å². The van der Waals surface area contributed by atoms with Gasteiger partial charge in [0.05, 0.1) is 0 Å². The highest BCUT2D eigenvalue weighted by atomic mass is 32.2. The van der Waals surface area contributed by atoms with Crippen LogP contribution in [-0.2, 0) is 21.0 Å². The first-order valence-electron chi connectivity index (χ1n) is 6.50. The van der Waals surface area contributed by atoms with E-state index in [0.29, 0.717) is 12.3 Å². The van der Waals surface area contributed by atoms with E-state index in [-0.39, 0.29) is 24.4 Å². The predicted molar refractivity (Wildman–Crippen MR) is 70.2 cm³/mol. The van der Waals surface area contributed by atoms with Crippen molar-refractivity contribution in [1.82, 2.24) is 14.6 Å². The number of nitrogens with one attached hydrogen (secondary N) is 1. The fourth-order valence-corrected chi connectivity index (χ4v) is 3.81. The fraction of sp³-hybridized carbons (Fsp3) is 0.500. The zero-order chi connectivity index (χ0) is 16.5. The van der Waals surface area contributed by atoms with Gasteiger partial charge in [-0.05, 0) is 18.6 Å². The SMILES string of the molecule is CC[C@H]1C(=O)NCCN1S(=O)(=O)c1ccc(C(F)(F)F)nc1. The van der Waals surface area contributed by atoms with Gasteiger partial charge in [-0.2, -0.15) is 17.5 Å². The van der Waals surface area contributed by atoms with Crippen molar-refractivity contribution in [1.29, 1.82) is 0 Å². The molecule has 1 amide bonds. The molecule has 1 fully saturated rings. The first kappa shape index (κ1) is 16.7. The number of sulfonamides is 1. The lowest BCUT2D eigenvalue weighted by molar-refractivity contribution is -0.141. The first-order valence-corrected chi connectivity index (χ1v) is 7.94. The topological polar surface area (TPSA) is 79.4 Å². The molecule has 6 nitrogen and oxygen atoms in total. The molecule has 0 radical (unpaired) electrons. The lowest BCUT2D eigenvalue weighted by atomic mass is 10.2. The standard InChI is InChI=1S/C12H14F3N3O3S/c1-2-9-11(19)16-5-6-18(9)22(20,21)8-3-4-10(17-7-8)12(13,14)15/h3-4,7,9H,2,5-6H2,1H3,(H,16,19)/t9-/m0/s1. The van der Waals surface area contributed by atoms with Crippen molar-refractivity contribution in [3.63, 3.8) is 0 Å². The fourth-order valence-electron chi connectivity index (χ4n) is 2.21. The number of alkyl halides is 3. The van der Waals surface area contributed by atoms with Crippen LogP contribution in [-0.4, -0.2) is 42.7 Å². The molecule has 0 aromatic carbocycles. The quantitative estimate of drug-likeness (QED) is 0.892. The normalized spacial score (nSPS) is 20.7. The molecule has 10 heteroatoms. The number of piperazine rings is 1. The number of carbonyl (C=O) groups excluding carboxylic acids is 1. The van der Waals surface area contributed by atoms with Gasteiger partial charge in [0.2, 0.25) is 15.9 Å². The van der Waals surface area contributed by atoms with Gasteiger partial charge in [-0.1, -0.05) is 6.92 Å². The first-order chi connectivity index (χ1) is 10.2. The van der Waals surface area contributed by atoms with E-state index in [1.165, 1.54) is 0 Å². The molecule has 1 aromatic rings. The van der Waals surface area contributed by atoms with Crippen molar-refractivity contribution < 1.29 is 26.4 Å². The van der Waals surface area contributed by atoms with Crippen LogP contribution in [0.15, 0.2) is 23.2 Å². The van der Waals surface area contributed by atoms with E-state index in [0.717, 1.165) is 10.4 Å². The van der Waals surface area contributed by atoms with Gasteiger partial charge >= 0.3 is 6.18 Å². The Balaban J connectivity index is 2.35. The van der Waals surface area contributed by atoms with E-state index in [4.69, 9.17) is 0 Å². The van der Waals surface area contributed by atoms with Crippen LogP contribution in [0, 0.1) is 0 Å². The van der Waals surface area contributed by atoms with Gasteiger partial charge in [0, 0.05) is 19.3 Å². The maximum absolute atomic E-state index is 12.5. The second-order valence-corrected chi connectivity index (χ2v) is 6.60. The van der Waals surface area contributed by atoms with Crippen molar-refractivity contribution in [2.75, 3.05) is 13.1 Å². The highest BCUT2D eigenvalue weighted by Gasteiger charge is 2.38. The van der Waals surface area contributed by atoms with Gasteiger partial charge in [0.1, 0.15) is 16.6 Å². The number of carbonyl (C=O) groups is 1. The minimum absolute atomic E-state index is 0.0631. The molecule has 1 atom stereocenters. The Labute approximate surface area is 125 Å². The maximum Gasteiger partial charge on any atom is 0.433 e. The lowest BCUT2D eigenvalue weighted by Crippen LogP contribution is -2.56. The van der Waals surface area contributed by atoms with Gasteiger partial charge in [-0.3, -0.25) is 9.78 Å². The molecule has 1 saturated heterocycles. The van der Waals surface area contributed by atoms with Crippen molar-refractivity contribution in [3.05, 3.63) is 24.0 Å². The van der Waals surface area contributed by atoms with E-state index < -0.39 is 33.8 Å². The summed E-state index contributed by atoms with van der Waals surface area (Å²) in [6.45, 7) is 1.87. The number of nitrogens with zero attached hydrogens (tertiary/aromatic N) is 2. The van der Waals surface area contributed by atoms with Crippen LogP contribution >= 0.6 is 0 Å². The molecule has 2 rings (SSSR count). The number of rotatable bonds is 3. The molecule has 1 N–H and O–H groups in total. The van der Waals surface area contributed by atoms with Crippen LogP contribution in [0.1, 0.15) is 19.0 Å². The number of hydrogen-bond acceptors (Lipinski definition) is 4. The lowest BCUT2D eigenvalue weighted by Gasteiger charge is -2.33. The zero-order valence-electron chi connectivity index (χ0n) is 11.6. The Kier molecular flexibility index (Phi) is 4.43. The summed E-state index contributed by atoms with van der Waals surface area (Å²) in [7, 11) is -4.08. The number of hydrogen-bond donors (Lipinski definition) is 1. The van der Waals surface area contributed by atoms with Crippen molar-refractivity contribution in [2.24, 2.45) is 0 Å². The van der Waals surface area contributed by atoms with Crippen molar-refractivity contribution in [3.8, 4) is 0 Å². The third-order valence-corrected chi connectivity index (χ3v) is 5.19. The molecule has 1 aliphatic heterocycles. The average Bonchev–Trinajstić information content (AvgIpc) is 2.46. The monoisotopic (exact) mass is 337 g/mol. The summed E-state index contributed by atoms with van der Waals surface area (Å²) in [6.07, 6.45) is -3.71. The highest BCUT2D eigenvalue weighted by molar-refractivity contribution is 7.89. The van der Waals surface area contributed by atoms with E-state index >= 15 is 0 Å². The smallest absolute Gasteiger partial charge is 0.353 e. The molecule has 22 heavy (non-hydrogen) atoms. The minimum atomic E-state index is -4.64. The molecular weight excluding hydrogens is 323 g/mol. The van der Waals surface area contributed by atoms with Crippen LogP contribution in [0.3, 0.4) is 0 Å². The minimum Gasteiger partial charge on any atom is -0.353 e. The Morgan fingerprint density at radius 3 is 2.59 bits per heavy atom. The third-order valence-electron chi connectivity index (χ3n) is 3.30. The van der Waals surface area contributed by atoms with E-state index in [2.05, 4.69) is 10.3 Å². The Hall–Kier alpha value is -1.68. The van der Waals surface area contributed by atoms with Crippen molar-refractivity contribution >= 4 is 15.9 Å². The number of pyridine rings is 1. The van der Waals surface area contributed by atoms with Gasteiger partial charge in [0.15, 0.2) is 0 Å². The van der Waals surface area contributed by atoms with E-state index in [9.17, 15) is 26.4 Å². The molecule has 0 unspecified atom stereocenters. The highest BCUT2D eigenvalue weighted by Crippen LogP contribution is 2.28. The van der Waals surface area contributed by atoms with Gasteiger partial charge in [-0.25, -0.2) is 8.42 Å². The zero-order valence-corrected chi connectivity index (χ0v) is 12.4. The molecule has 1 aromatic heterocycles. The van der Waals surface area contributed by atoms with Gasteiger partial charge in [0.25, 0.3) is 0 Å². The molecule has 122 valence electrons. The molecule has 2 heterocycles. The Bertz CT molecular complexity index is 658. The molecule has 0 saturated carbocycles. The molecule has 0 bridgehead atoms. The second kappa shape index (κ2) is 5.84. The second-order valence-electron chi connectivity index (χ2n) is 4.71. The van der Waals surface area contributed by atoms with Crippen LogP contribution in [0.2, 0.25) is 0 Å². The van der Waals surface area contributed by atoms with Crippen LogP contribution in [0.25, 0.3) is 0 Å².